The molecule has 1 amide bonds. The molecule has 7 heteroatoms. The molecule has 0 spiro atoms. The van der Waals surface area contributed by atoms with Gasteiger partial charge in [-0.2, -0.15) is 5.10 Å². The van der Waals surface area contributed by atoms with E-state index >= 15 is 0 Å². The second-order valence-corrected chi connectivity index (χ2v) is 7.64. The van der Waals surface area contributed by atoms with E-state index in [-0.39, 0.29) is 5.91 Å². The Kier molecular flexibility index (Phi) is 4.17. The zero-order valence-corrected chi connectivity index (χ0v) is 16.6. The number of amides is 1. The smallest absolute Gasteiger partial charge is 0.257 e. The van der Waals surface area contributed by atoms with Gasteiger partial charge >= 0.3 is 0 Å². The van der Waals surface area contributed by atoms with Gasteiger partial charge in [0, 0.05) is 37.2 Å². The van der Waals surface area contributed by atoms with E-state index in [2.05, 4.69) is 15.4 Å². The summed E-state index contributed by atoms with van der Waals surface area (Å²) in [6, 6.07) is 17.2. The molecule has 0 radical (unpaired) electrons. The third-order valence-electron chi connectivity index (χ3n) is 4.83. The summed E-state index contributed by atoms with van der Waals surface area (Å²) < 4.78 is 13.2. The summed E-state index contributed by atoms with van der Waals surface area (Å²) in [6.45, 7) is 4.30. The van der Waals surface area contributed by atoms with Gasteiger partial charge in [0.2, 0.25) is 5.79 Å². The van der Waals surface area contributed by atoms with Crippen LogP contribution in [0, 0.1) is 0 Å². The van der Waals surface area contributed by atoms with Crippen LogP contribution < -0.4 is 14.8 Å². The fourth-order valence-corrected chi connectivity index (χ4v) is 3.47. The molecule has 7 nitrogen and oxygen atoms in total. The van der Waals surface area contributed by atoms with E-state index in [9.17, 15) is 4.79 Å². The van der Waals surface area contributed by atoms with E-state index in [1.165, 1.54) is 0 Å². The quantitative estimate of drug-likeness (QED) is 0.554. The molecule has 0 unspecified atom stereocenters. The first kappa shape index (κ1) is 18.2. The normalized spacial score (nSPS) is 14.1. The summed E-state index contributed by atoms with van der Waals surface area (Å²) in [6.07, 6.45) is 3.29. The highest BCUT2D eigenvalue weighted by molar-refractivity contribution is 6.05. The Morgan fingerprint density at radius 1 is 1.03 bits per heavy atom. The number of anilines is 1. The first-order chi connectivity index (χ1) is 14.5. The lowest BCUT2D eigenvalue weighted by Crippen LogP contribution is -2.29. The molecule has 0 saturated carbocycles. The van der Waals surface area contributed by atoms with Crippen LogP contribution in [0.4, 0.5) is 5.69 Å². The molecule has 1 aliphatic rings. The van der Waals surface area contributed by atoms with Crippen LogP contribution >= 0.6 is 0 Å². The van der Waals surface area contributed by atoms with Gasteiger partial charge in [-0.25, -0.2) is 9.67 Å². The van der Waals surface area contributed by atoms with Crippen LogP contribution in [0.2, 0.25) is 0 Å². The third-order valence-corrected chi connectivity index (χ3v) is 4.83. The molecule has 2 aromatic carbocycles. The average molecular weight is 400 g/mol. The fourth-order valence-electron chi connectivity index (χ4n) is 3.47. The van der Waals surface area contributed by atoms with Crippen molar-refractivity contribution in [1.29, 1.82) is 0 Å². The zero-order valence-electron chi connectivity index (χ0n) is 16.6. The number of fused-ring (bicyclic) bond motifs is 2. The maximum atomic E-state index is 12.7. The molecular formula is C23H20N4O3. The van der Waals surface area contributed by atoms with Crippen LogP contribution in [-0.2, 0) is 6.54 Å². The molecule has 0 atom stereocenters. The molecule has 150 valence electrons. The number of benzene rings is 2. The van der Waals surface area contributed by atoms with E-state index in [0.29, 0.717) is 29.3 Å². The Morgan fingerprint density at radius 3 is 2.67 bits per heavy atom. The Labute approximate surface area is 173 Å². The number of rotatable bonds is 4. The molecule has 4 aromatic rings. The van der Waals surface area contributed by atoms with Gasteiger partial charge in [0.25, 0.3) is 5.91 Å². The predicted molar refractivity (Wildman–Crippen MR) is 113 cm³/mol. The van der Waals surface area contributed by atoms with Crippen LogP contribution in [0.5, 0.6) is 11.5 Å². The highest BCUT2D eigenvalue weighted by Gasteiger charge is 2.31. The van der Waals surface area contributed by atoms with Crippen molar-refractivity contribution in [2.75, 3.05) is 5.32 Å². The predicted octanol–water partition coefficient (Wildman–Crippen LogP) is 4.24. The maximum absolute atomic E-state index is 12.7. The van der Waals surface area contributed by atoms with Crippen molar-refractivity contribution in [3.05, 3.63) is 78.1 Å². The number of nitrogens with zero attached hydrogens (tertiary/aromatic N) is 3. The van der Waals surface area contributed by atoms with Gasteiger partial charge in [-0.15, -0.1) is 0 Å². The fraction of sp³-hybridized carbons (Fsp3) is 0.174. The molecule has 2 aromatic heterocycles. The highest BCUT2D eigenvalue weighted by atomic mass is 16.7. The Hall–Kier alpha value is -3.87. The lowest BCUT2D eigenvalue weighted by atomic mass is 10.2. The lowest BCUT2D eigenvalue weighted by molar-refractivity contribution is -0.0431. The monoisotopic (exact) mass is 400 g/mol. The standard InChI is InChI=1S/C23H20N4O3/c1-23(2)29-19-9-8-18(11-20(19)30-23)26-22(28)17-10-16-13-25-27(21(16)24-12-17)14-15-6-4-3-5-7-15/h3-13H,14H2,1-2H3,(H,26,28). The molecule has 0 saturated heterocycles. The van der Waals surface area contributed by atoms with E-state index in [1.807, 2.05) is 48.9 Å². The van der Waals surface area contributed by atoms with E-state index in [0.717, 1.165) is 16.6 Å². The second-order valence-electron chi connectivity index (χ2n) is 7.64. The molecule has 0 aliphatic carbocycles. The van der Waals surface area contributed by atoms with Gasteiger partial charge in [-0.3, -0.25) is 4.79 Å². The van der Waals surface area contributed by atoms with Crippen LogP contribution in [0.15, 0.2) is 67.0 Å². The first-order valence-corrected chi connectivity index (χ1v) is 9.66. The van der Waals surface area contributed by atoms with Crippen molar-refractivity contribution < 1.29 is 14.3 Å². The minimum atomic E-state index is -0.709. The van der Waals surface area contributed by atoms with Crippen molar-refractivity contribution in [2.24, 2.45) is 0 Å². The summed E-state index contributed by atoms with van der Waals surface area (Å²) >= 11 is 0. The molecule has 5 rings (SSSR count). The summed E-state index contributed by atoms with van der Waals surface area (Å²) in [5.41, 5.74) is 2.96. The Morgan fingerprint density at radius 2 is 1.83 bits per heavy atom. The van der Waals surface area contributed by atoms with Gasteiger partial charge < -0.3 is 14.8 Å². The molecule has 0 fully saturated rings. The van der Waals surface area contributed by atoms with Crippen molar-refractivity contribution >= 4 is 22.6 Å². The van der Waals surface area contributed by atoms with E-state index < -0.39 is 5.79 Å². The second kappa shape index (κ2) is 6.88. The van der Waals surface area contributed by atoms with Crippen LogP contribution in [-0.4, -0.2) is 26.5 Å². The van der Waals surface area contributed by atoms with Crippen LogP contribution in [0.1, 0.15) is 29.8 Å². The van der Waals surface area contributed by atoms with Crippen molar-refractivity contribution in [3.8, 4) is 11.5 Å². The van der Waals surface area contributed by atoms with E-state index in [1.54, 1.807) is 36.7 Å². The number of pyridine rings is 1. The summed E-state index contributed by atoms with van der Waals surface area (Å²) in [7, 11) is 0. The summed E-state index contributed by atoms with van der Waals surface area (Å²) in [4.78, 5) is 17.2. The van der Waals surface area contributed by atoms with E-state index in [4.69, 9.17) is 9.47 Å². The topological polar surface area (TPSA) is 78.3 Å². The number of carbonyl (C=O) groups is 1. The number of hydrogen-bond donors (Lipinski definition) is 1. The van der Waals surface area contributed by atoms with Crippen LogP contribution in [0.3, 0.4) is 0 Å². The third kappa shape index (κ3) is 3.45. The highest BCUT2D eigenvalue weighted by Crippen LogP contribution is 2.40. The van der Waals surface area contributed by atoms with Crippen LogP contribution in [0.25, 0.3) is 11.0 Å². The Balaban J connectivity index is 1.35. The number of hydrogen-bond acceptors (Lipinski definition) is 5. The summed E-state index contributed by atoms with van der Waals surface area (Å²) in [5.74, 6) is 0.304. The molecular weight excluding hydrogens is 380 g/mol. The van der Waals surface area contributed by atoms with Gasteiger partial charge in [-0.05, 0) is 23.8 Å². The molecule has 1 N–H and O–H groups in total. The largest absolute Gasteiger partial charge is 0.449 e. The van der Waals surface area contributed by atoms with Gasteiger partial charge in [0.1, 0.15) is 0 Å². The zero-order chi connectivity index (χ0) is 20.7. The Bertz CT molecular complexity index is 1250. The number of carbonyl (C=O) groups excluding carboxylic acids is 1. The minimum Gasteiger partial charge on any atom is -0.449 e. The minimum absolute atomic E-state index is 0.252. The molecule has 30 heavy (non-hydrogen) atoms. The first-order valence-electron chi connectivity index (χ1n) is 9.66. The average Bonchev–Trinajstić information content (AvgIpc) is 3.26. The number of aromatic nitrogens is 3. The van der Waals surface area contributed by atoms with Crippen molar-refractivity contribution in [1.82, 2.24) is 14.8 Å². The van der Waals surface area contributed by atoms with Gasteiger partial charge in [0.15, 0.2) is 17.1 Å². The number of ether oxygens (including phenoxy) is 2. The van der Waals surface area contributed by atoms with Gasteiger partial charge in [-0.1, -0.05) is 30.3 Å². The van der Waals surface area contributed by atoms with Crippen molar-refractivity contribution in [2.45, 2.75) is 26.2 Å². The van der Waals surface area contributed by atoms with Gasteiger partial charge in [0.05, 0.1) is 18.3 Å². The maximum Gasteiger partial charge on any atom is 0.257 e. The SMILES string of the molecule is CC1(C)Oc2ccc(NC(=O)c3cnc4c(cnn4Cc4ccccc4)c3)cc2O1. The summed E-state index contributed by atoms with van der Waals surface area (Å²) in [5, 5.41) is 8.12. The van der Waals surface area contributed by atoms with Crippen molar-refractivity contribution in [3.63, 3.8) is 0 Å². The molecule has 0 bridgehead atoms. The molecule has 3 heterocycles. The lowest BCUT2D eigenvalue weighted by Gasteiger charge is -2.16. The number of nitrogens with one attached hydrogen (secondary N) is 1. The molecule has 1 aliphatic heterocycles.